The second-order valence-corrected chi connectivity index (χ2v) is 5.87. The van der Waals surface area contributed by atoms with Crippen molar-refractivity contribution in [3.05, 3.63) is 29.3 Å². The van der Waals surface area contributed by atoms with Crippen LogP contribution in [0.2, 0.25) is 0 Å². The molecule has 6 nitrogen and oxygen atoms in total. The number of ether oxygens (including phenoxy) is 2. The Balaban J connectivity index is 2.24. The predicted octanol–water partition coefficient (Wildman–Crippen LogP) is 2.01. The van der Waals surface area contributed by atoms with Crippen LogP contribution < -0.4 is 4.74 Å². The van der Waals surface area contributed by atoms with Gasteiger partial charge in [0.25, 0.3) is 0 Å². The number of β-amino-alcohol motifs (C(OH)–C–C–N with tert-alkyl or cyclic N) is 1. The van der Waals surface area contributed by atoms with Gasteiger partial charge in [0, 0.05) is 5.56 Å². The number of hydrogen-bond donors (Lipinski definition) is 1. The Kier molecular flexibility index (Phi) is 4.05. The fourth-order valence-corrected chi connectivity index (χ4v) is 1.97. The molecule has 1 aliphatic rings. The second kappa shape index (κ2) is 5.62. The maximum atomic E-state index is 12.1. The van der Waals surface area contributed by atoms with Crippen LogP contribution in [0.25, 0.3) is 0 Å². The summed E-state index contributed by atoms with van der Waals surface area (Å²) in [5.41, 5.74) is 0.547. The van der Waals surface area contributed by atoms with E-state index in [1.165, 1.54) is 4.90 Å². The van der Waals surface area contributed by atoms with Gasteiger partial charge in [-0.2, -0.15) is 5.26 Å². The van der Waals surface area contributed by atoms with Gasteiger partial charge < -0.3 is 14.6 Å². The zero-order valence-corrected chi connectivity index (χ0v) is 12.3. The zero-order valence-electron chi connectivity index (χ0n) is 12.3. The summed E-state index contributed by atoms with van der Waals surface area (Å²) in [5.74, 6) is 0.410. The molecule has 6 heteroatoms. The van der Waals surface area contributed by atoms with E-state index in [9.17, 15) is 9.90 Å². The van der Waals surface area contributed by atoms with E-state index in [1.807, 2.05) is 6.07 Å². The maximum absolute atomic E-state index is 12.1. The van der Waals surface area contributed by atoms with E-state index < -0.39 is 18.0 Å². The lowest BCUT2D eigenvalue weighted by atomic mass is 10.1. The van der Waals surface area contributed by atoms with Crippen LogP contribution in [0.4, 0.5) is 4.79 Å². The molecule has 0 aromatic heterocycles. The molecule has 2 rings (SSSR count). The third-order valence-corrected chi connectivity index (χ3v) is 2.85. The Morgan fingerprint density at radius 1 is 1.52 bits per heavy atom. The fourth-order valence-electron chi connectivity index (χ4n) is 1.97. The smallest absolute Gasteiger partial charge is 0.410 e. The standard InChI is InChI=1S/C15H18N2O4/c1-15(2,3)21-14(19)17-8-11-5-4-10(7-16)6-12(11)20-13(18)9-17/h4-6,13,18H,8-9H2,1-3H3. The molecule has 0 bridgehead atoms. The lowest BCUT2D eigenvalue weighted by Crippen LogP contribution is -2.40. The van der Waals surface area contributed by atoms with E-state index in [0.29, 0.717) is 11.3 Å². The summed E-state index contributed by atoms with van der Waals surface area (Å²) in [6.07, 6.45) is -1.67. The second-order valence-electron chi connectivity index (χ2n) is 5.87. The van der Waals surface area contributed by atoms with Gasteiger partial charge in [0.05, 0.1) is 24.7 Å². The molecule has 0 aliphatic carbocycles. The van der Waals surface area contributed by atoms with Gasteiger partial charge in [-0.05, 0) is 32.9 Å². The summed E-state index contributed by atoms with van der Waals surface area (Å²) < 4.78 is 10.7. The average Bonchev–Trinajstić information content (AvgIpc) is 2.53. The van der Waals surface area contributed by atoms with Crippen molar-refractivity contribution in [1.29, 1.82) is 5.26 Å². The molecule has 1 aromatic carbocycles. The number of rotatable bonds is 0. The molecular weight excluding hydrogens is 272 g/mol. The Labute approximate surface area is 123 Å². The SMILES string of the molecule is CC(C)(C)OC(=O)N1Cc2ccc(C#N)cc2OC(O)C1. The first-order valence-electron chi connectivity index (χ1n) is 6.64. The minimum atomic E-state index is -1.16. The summed E-state index contributed by atoms with van der Waals surface area (Å²) in [6.45, 7) is 5.60. The monoisotopic (exact) mass is 290 g/mol. The molecule has 1 unspecified atom stereocenters. The van der Waals surface area contributed by atoms with Gasteiger partial charge in [-0.25, -0.2) is 4.79 Å². The van der Waals surface area contributed by atoms with E-state index in [4.69, 9.17) is 14.7 Å². The Morgan fingerprint density at radius 2 is 2.24 bits per heavy atom. The van der Waals surface area contributed by atoms with E-state index in [2.05, 4.69) is 0 Å². The number of nitrogens with zero attached hydrogens (tertiary/aromatic N) is 2. The van der Waals surface area contributed by atoms with Crippen molar-refractivity contribution in [3.63, 3.8) is 0 Å². The lowest BCUT2D eigenvalue weighted by Gasteiger charge is -2.26. The highest BCUT2D eigenvalue weighted by Crippen LogP contribution is 2.26. The van der Waals surface area contributed by atoms with Crippen molar-refractivity contribution in [2.75, 3.05) is 6.54 Å². The largest absolute Gasteiger partial charge is 0.463 e. The van der Waals surface area contributed by atoms with E-state index in [0.717, 1.165) is 5.56 Å². The van der Waals surface area contributed by atoms with Crippen LogP contribution >= 0.6 is 0 Å². The Morgan fingerprint density at radius 3 is 2.86 bits per heavy atom. The topological polar surface area (TPSA) is 82.8 Å². The first-order valence-corrected chi connectivity index (χ1v) is 6.64. The molecular formula is C15H18N2O4. The Bertz CT molecular complexity index is 586. The number of aliphatic hydroxyl groups is 1. The van der Waals surface area contributed by atoms with Crippen molar-refractivity contribution in [2.24, 2.45) is 0 Å². The Hall–Kier alpha value is -2.26. The first kappa shape index (κ1) is 15.1. The average molecular weight is 290 g/mol. The van der Waals surface area contributed by atoms with Crippen molar-refractivity contribution < 1.29 is 19.4 Å². The van der Waals surface area contributed by atoms with Crippen LogP contribution in [0.5, 0.6) is 5.75 Å². The van der Waals surface area contributed by atoms with Crippen LogP contribution in [0.15, 0.2) is 18.2 Å². The van der Waals surface area contributed by atoms with Crippen molar-refractivity contribution >= 4 is 6.09 Å². The molecule has 0 fully saturated rings. The highest BCUT2D eigenvalue weighted by atomic mass is 16.6. The van der Waals surface area contributed by atoms with Gasteiger partial charge in [-0.15, -0.1) is 0 Å². The predicted molar refractivity (Wildman–Crippen MR) is 74.4 cm³/mol. The van der Waals surface area contributed by atoms with Gasteiger partial charge in [0.2, 0.25) is 6.29 Å². The number of aliphatic hydroxyl groups excluding tert-OH is 1. The number of benzene rings is 1. The summed E-state index contributed by atoms with van der Waals surface area (Å²) in [4.78, 5) is 13.5. The summed E-state index contributed by atoms with van der Waals surface area (Å²) >= 11 is 0. The highest BCUT2D eigenvalue weighted by Gasteiger charge is 2.28. The van der Waals surface area contributed by atoms with E-state index in [-0.39, 0.29) is 13.1 Å². The van der Waals surface area contributed by atoms with Crippen LogP contribution in [0.3, 0.4) is 0 Å². The van der Waals surface area contributed by atoms with Crippen LogP contribution in [-0.4, -0.2) is 34.5 Å². The molecule has 0 spiro atoms. The molecule has 21 heavy (non-hydrogen) atoms. The van der Waals surface area contributed by atoms with E-state index >= 15 is 0 Å². The molecule has 112 valence electrons. The zero-order chi connectivity index (χ0) is 15.6. The highest BCUT2D eigenvalue weighted by molar-refractivity contribution is 5.68. The van der Waals surface area contributed by atoms with Gasteiger partial charge in [-0.3, -0.25) is 4.90 Å². The summed E-state index contributed by atoms with van der Waals surface area (Å²) in [5, 5.41) is 18.8. The van der Waals surface area contributed by atoms with Crippen LogP contribution in [0, 0.1) is 11.3 Å². The molecule has 1 aromatic rings. The number of carbonyl (C=O) groups excluding carboxylic acids is 1. The van der Waals surface area contributed by atoms with Crippen molar-refractivity contribution in [3.8, 4) is 11.8 Å². The van der Waals surface area contributed by atoms with Crippen molar-refractivity contribution in [1.82, 2.24) is 4.90 Å². The third kappa shape index (κ3) is 3.86. The van der Waals surface area contributed by atoms with Crippen molar-refractivity contribution in [2.45, 2.75) is 39.2 Å². The van der Waals surface area contributed by atoms with Crippen LogP contribution in [0.1, 0.15) is 31.9 Å². The van der Waals surface area contributed by atoms with Gasteiger partial charge in [0.1, 0.15) is 11.4 Å². The number of amides is 1. The molecule has 1 heterocycles. The molecule has 0 radical (unpaired) electrons. The maximum Gasteiger partial charge on any atom is 0.410 e. The van der Waals surface area contributed by atoms with E-state index in [1.54, 1.807) is 39.0 Å². The number of fused-ring (bicyclic) bond motifs is 1. The molecule has 1 N–H and O–H groups in total. The van der Waals surface area contributed by atoms with Crippen LogP contribution in [-0.2, 0) is 11.3 Å². The molecule has 0 saturated heterocycles. The normalized spacial score (nSPS) is 18.0. The first-order chi connectivity index (χ1) is 9.78. The fraction of sp³-hybridized carbons (Fsp3) is 0.467. The third-order valence-electron chi connectivity index (χ3n) is 2.85. The summed E-state index contributed by atoms with van der Waals surface area (Å²) in [6, 6.07) is 6.92. The van der Waals surface area contributed by atoms with Gasteiger partial charge in [-0.1, -0.05) is 6.07 Å². The van der Waals surface area contributed by atoms with Gasteiger partial charge >= 0.3 is 6.09 Å². The quantitative estimate of drug-likeness (QED) is 0.790. The minimum Gasteiger partial charge on any atom is -0.463 e. The number of hydrogen-bond acceptors (Lipinski definition) is 5. The number of carbonyl (C=O) groups is 1. The lowest BCUT2D eigenvalue weighted by molar-refractivity contribution is -0.0419. The number of nitriles is 1. The van der Waals surface area contributed by atoms with Gasteiger partial charge in [0.15, 0.2) is 0 Å². The molecule has 0 saturated carbocycles. The minimum absolute atomic E-state index is 0.00544. The summed E-state index contributed by atoms with van der Waals surface area (Å²) in [7, 11) is 0. The molecule has 1 atom stereocenters. The molecule has 1 aliphatic heterocycles. The molecule has 1 amide bonds.